The third-order valence-corrected chi connectivity index (χ3v) is 5.05. The normalized spacial score (nSPS) is 19.2. The lowest BCUT2D eigenvalue weighted by Gasteiger charge is -2.31. The lowest BCUT2D eigenvalue weighted by molar-refractivity contribution is -0.553. The minimum atomic E-state index is -0.678. The van der Waals surface area contributed by atoms with Gasteiger partial charge in [0, 0.05) is 19.1 Å². The number of amidine groups is 1. The number of nitrogens with zero attached hydrogens (tertiary/aromatic N) is 4. The SMILES string of the molecule is CN1C(=O)C2C(=NC(NCc3ccco3)=[N+]2Cc2ccc(Cl)cc2)N(C)C1=O. The van der Waals surface area contributed by atoms with Crippen molar-refractivity contribution in [3.05, 3.63) is 59.0 Å². The topological polar surface area (TPSA) is 81.2 Å². The van der Waals surface area contributed by atoms with Crippen LogP contribution in [-0.4, -0.2) is 58.2 Å². The molecule has 0 bridgehead atoms. The Hall–Kier alpha value is -3.13. The van der Waals surface area contributed by atoms with Crippen molar-refractivity contribution >= 4 is 35.3 Å². The molecule has 0 saturated carbocycles. The maximum atomic E-state index is 12.9. The van der Waals surface area contributed by atoms with Crippen LogP contribution in [0.15, 0.2) is 52.1 Å². The van der Waals surface area contributed by atoms with Gasteiger partial charge in [0.05, 0.1) is 12.8 Å². The summed E-state index contributed by atoms with van der Waals surface area (Å²) in [5.74, 6) is 1.34. The van der Waals surface area contributed by atoms with E-state index in [9.17, 15) is 9.59 Å². The number of likely N-dealkylation sites (N-methyl/N-ethyl adjacent to an activating group) is 2. The van der Waals surface area contributed by atoms with E-state index in [2.05, 4.69) is 10.3 Å². The number of urea groups is 1. The number of furan rings is 1. The Morgan fingerprint density at radius 3 is 2.61 bits per heavy atom. The van der Waals surface area contributed by atoms with E-state index in [1.807, 2.05) is 22.8 Å². The number of hydrogen-bond acceptors (Lipinski definition) is 5. The highest BCUT2D eigenvalue weighted by molar-refractivity contribution is 6.30. The summed E-state index contributed by atoms with van der Waals surface area (Å²) in [7, 11) is 3.10. The Morgan fingerprint density at radius 1 is 1.18 bits per heavy atom. The van der Waals surface area contributed by atoms with Gasteiger partial charge in [-0.25, -0.2) is 9.37 Å². The Morgan fingerprint density at radius 2 is 1.93 bits per heavy atom. The van der Waals surface area contributed by atoms with Crippen LogP contribution >= 0.6 is 11.6 Å². The number of imide groups is 1. The first-order valence-corrected chi connectivity index (χ1v) is 9.11. The van der Waals surface area contributed by atoms with Crippen LogP contribution in [0.2, 0.25) is 5.02 Å². The molecule has 1 atom stereocenters. The molecule has 0 radical (unpaired) electrons. The van der Waals surface area contributed by atoms with Crippen molar-refractivity contribution in [3.63, 3.8) is 0 Å². The third kappa shape index (κ3) is 3.16. The Bertz CT molecular complexity index is 982. The molecule has 1 fully saturated rings. The quantitative estimate of drug-likeness (QED) is 0.795. The molecule has 3 heterocycles. The van der Waals surface area contributed by atoms with Crippen LogP contribution in [0.5, 0.6) is 0 Å². The summed E-state index contributed by atoms with van der Waals surface area (Å²) in [5.41, 5.74) is 0.966. The molecule has 1 aromatic carbocycles. The summed E-state index contributed by atoms with van der Waals surface area (Å²) in [5, 5.41) is 3.86. The molecule has 2 aliphatic heterocycles. The van der Waals surface area contributed by atoms with Crippen molar-refractivity contribution < 1.29 is 18.6 Å². The van der Waals surface area contributed by atoms with E-state index in [4.69, 9.17) is 16.0 Å². The number of rotatable bonds is 4. The fourth-order valence-corrected chi connectivity index (χ4v) is 3.40. The first-order valence-electron chi connectivity index (χ1n) is 8.74. The van der Waals surface area contributed by atoms with Crippen molar-refractivity contribution in [1.82, 2.24) is 15.1 Å². The number of carbonyl (C=O) groups is 2. The standard InChI is InChI=1S/C19H18ClN5O3/c1-23-16-15(17(26)24(2)19(23)27)25(11-12-5-7-13(20)8-6-12)18(22-16)21-10-14-4-3-9-28-14/h3-9,15H,10-11H2,1-2H3/p+1. The zero-order valence-corrected chi connectivity index (χ0v) is 16.2. The van der Waals surface area contributed by atoms with Crippen molar-refractivity contribution in [1.29, 1.82) is 0 Å². The molecule has 144 valence electrons. The van der Waals surface area contributed by atoms with Crippen LogP contribution in [0.4, 0.5) is 4.79 Å². The van der Waals surface area contributed by atoms with Crippen LogP contribution in [-0.2, 0) is 17.9 Å². The highest BCUT2D eigenvalue weighted by atomic mass is 35.5. The summed E-state index contributed by atoms with van der Waals surface area (Å²) in [6.07, 6.45) is 1.60. The van der Waals surface area contributed by atoms with Crippen molar-refractivity contribution in [2.45, 2.75) is 19.1 Å². The monoisotopic (exact) mass is 400 g/mol. The van der Waals surface area contributed by atoms with Crippen LogP contribution in [0.1, 0.15) is 11.3 Å². The molecule has 1 unspecified atom stereocenters. The number of nitrogens with one attached hydrogen (secondary N) is 1. The van der Waals surface area contributed by atoms with E-state index in [1.54, 1.807) is 31.5 Å². The van der Waals surface area contributed by atoms with E-state index in [-0.39, 0.29) is 5.91 Å². The Balaban J connectivity index is 1.69. The average molecular weight is 401 g/mol. The molecule has 2 aromatic rings. The number of hydrogen-bond donors (Lipinski definition) is 1. The molecule has 0 spiro atoms. The second-order valence-corrected chi connectivity index (χ2v) is 7.06. The molecule has 1 aromatic heterocycles. The molecule has 28 heavy (non-hydrogen) atoms. The summed E-state index contributed by atoms with van der Waals surface area (Å²) < 4.78 is 7.21. The van der Waals surface area contributed by atoms with Gasteiger partial charge in [-0.1, -0.05) is 28.7 Å². The predicted molar refractivity (Wildman–Crippen MR) is 103 cm³/mol. The lowest BCUT2D eigenvalue weighted by atomic mass is 10.1. The second kappa shape index (κ2) is 7.12. The molecule has 1 N–H and O–H groups in total. The highest BCUT2D eigenvalue weighted by Crippen LogP contribution is 2.21. The number of fused-ring (bicyclic) bond motifs is 1. The minimum Gasteiger partial charge on any atom is -0.466 e. The van der Waals surface area contributed by atoms with Crippen LogP contribution < -0.4 is 5.32 Å². The molecule has 4 rings (SSSR count). The van der Waals surface area contributed by atoms with Crippen LogP contribution in [0.25, 0.3) is 0 Å². The molecule has 3 amide bonds. The maximum absolute atomic E-state index is 12.9. The van der Waals surface area contributed by atoms with Gasteiger partial charge >= 0.3 is 12.0 Å². The number of carbonyl (C=O) groups excluding carboxylic acids is 2. The third-order valence-electron chi connectivity index (χ3n) is 4.80. The zero-order valence-electron chi connectivity index (χ0n) is 15.4. The number of guanidine groups is 1. The van der Waals surface area contributed by atoms with Gasteiger partial charge in [0.2, 0.25) is 11.9 Å². The van der Waals surface area contributed by atoms with E-state index in [0.29, 0.717) is 29.9 Å². The predicted octanol–water partition coefficient (Wildman–Crippen LogP) is 1.90. The van der Waals surface area contributed by atoms with Crippen LogP contribution in [0.3, 0.4) is 0 Å². The maximum Gasteiger partial charge on any atom is 0.390 e. The lowest BCUT2D eigenvalue weighted by Crippen LogP contribution is -2.61. The van der Waals surface area contributed by atoms with Crippen molar-refractivity contribution in [2.24, 2.45) is 4.99 Å². The molecular weight excluding hydrogens is 382 g/mol. The van der Waals surface area contributed by atoms with Gasteiger partial charge in [-0.05, 0) is 29.8 Å². The van der Waals surface area contributed by atoms with Gasteiger partial charge < -0.3 is 4.42 Å². The summed E-state index contributed by atoms with van der Waals surface area (Å²) in [6, 6.07) is 9.97. The summed E-state index contributed by atoms with van der Waals surface area (Å²) >= 11 is 5.98. The molecule has 0 aliphatic carbocycles. The Labute approximate surface area is 166 Å². The van der Waals surface area contributed by atoms with E-state index < -0.39 is 12.1 Å². The molecule has 1 saturated heterocycles. The highest BCUT2D eigenvalue weighted by Gasteiger charge is 2.51. The van der Waals surface area contributed by atoms with Gasteiger partial charge in [-0.15, -0.1) is 0 Å². The fraction of sp³-hybridized carbons (Fsp3) is 0.263. The van der Waals surface area contributed by atoms with Crippen molar-refractivity contribution in [3.8, 4) is 0 Å². The zero-order chi connectivity index (χ0) is 19.8. The van der Waals surface area contributed by atoms with Crippen molar-refractivity contribution in [2.75, 3.05) is 14.1 Å². The van der Waals surface area contributed by atoms with Crippen LogP contribution in [0, 0.1) is 0 Å². The minimum absolute atomic E-state index is 0.314. The average Bonchev–Trinajstić information content (AvgIpc) is 3.33. The number of benzene rings is 1. The number of halogens is 1. The summed E-state index contributed by atoms with van der Waals surface area (Å²) in [6.45, 7) is 0.835. The van der Waals surface area contributed by atoms with Gasteiger partial charge in [0.25, 0.3) is 5.91 Å². The molecule has 9 heteroatoms. The fourth-order valence-electron chi connectivity index (χ4n) is 3.27. The Kier molecular flexibility index (Phi) is 4.64. The first-order chi connectivity index (χ1) is 13.5. The largest absolute Gasteiger partial charge is 0.466 e. The summed E-state index contributed by atoms with van der Waals surface area (Å²) in [4.78, 5) is 32.3. The second-order valence-electron chi connectivity index (χ2n) is 6.62. The van der Waals surface area contributed by atoms with Gasteiger partial charge in [-0.3, -0.25) is 19.9 Å². The smallest absolute Gasteiger partial charge is 0.390 e. The van der Waals surface area contributed by atoms with E-state index >= 15 is 0 Å². The van der Waals surface area contributed by atoms with E-state index in [0.717, 1.165) is 16.2 Å². The van der Waals surface area contributed by atoms with E-state index in [1.165, 1.54) is 11.9 Å². The number of aliphatic imine (C=N–C) groups is 1. The molecule has 8 nitrogen and oxygen atoms in total. The molecular formula is C19H19ClN5O3+. The molecule has 2 aliphatic rings. The first kappa shape index (κ1) is 18.2. The number of amides is 3. The van der Waals surface area contributed by atoms with Gasteiger partial charge in [0.1, 0.15) is 12.3 Å². The van der Waals surface area contributed by atoms with Gasteiger partial charge in [-0.2, -0.15) is 0 Å². The van der Waals surface area contributed by atoms with Gasteiger partial charge in [0.15, 0.2) is 0 Å².